The van der Waals surface area contributed by atoms with Crippen molar-refractivity contribution in [3.05, 3.63) is 35.4 Å². The number of hydrogen-bond donors (Lipinski definition) is 2. The SMILES string of the molecule is CCCCCCNC(N)=NCC(c1c(F)cccc1F)N(C)C. The lowest BCUT2D eigenvalue weighted by Gasteiger charge is -2.24. The smallest absolute Gasteiger partial charge is 0.188 e. The Morgan fingerprint density at radius 1 is 1.22 bits per heavy atom. The lowest BCUT2D eigenvalue weighted by atomic mass is 10.0. The van der Waals surface area contributed by atoms with E-state index in [0.29, 0.717) is 5.96 Å². The van der Waals surface area contributed by atoms with E-state index in [-0.39, 0.29) is 12.1 Å². The summed E-state index contributed by atoms with van der Waals surface area (Å²) in [5, 5.41) is 3.04. The zero-order valence-corrected chi connectivity index (χ0v) is 14.3. The highest BCUT2D eigenvalue weighted by Gasteiger charge is 2.21. The molecule has 0 saturated carbocycles. The molecular weight excluding hydrogens is 298 g/mol. The zero-order valence-electron chi connectivity index (χ0n) is 14.3. The normalized spacial score (nSPS) is 13.4. The predicted octanol–water partition coefficient (Wildman–Crippen LogP) is 3.05. The Kier molecular flexibility index (Phi) is 8.55. The van der Waals surface area contributed by atoms with Gasteiger partial charge in [-0.3, -0.25) is 4.99 Å². The van der Waals surface area contributed by atoms with Gasteiger partial charge < -0.3 is 16.0 Å². The molecule has 6 heteroatoms. The average Bonchev–Trinajstić information content (AvgIpc) is 2.49. The largest absolute Gasteiger partial charge is 0.370 e. The highest BCUT2D eigenvalue weighted by Crippen LogP contribution is 2.24. The Balaban J connectivity index is 2.65. The van der Waals surface area contributed by atoms with Crippen LogP contribution in [0.15, 0.2) is 23.2 Å². The minimum atomic E-state index is -0.565. The minimum Gasteiger partial charge on any atom is -0.370 e. The van der Waals surface area contributed by atoms with E-state index in [4.69, 9.17) is 5.73 Å². The number of nitrogens with zero attached hydrogens (tertiary/aromatic N) is 2. The molecule has 0 radical (unpaired) electrons. The van der Waals surface area contributed by atoms with E-state index in [1.54, 1.807) is 19.0 Å². The van der Waals surface area contributed by atoms with Crippen molar-refractivity contribution in [2.24, 2.45) is 10.7 Å². The second-order valence-corrected chi connectivity index (χ2v) is 5.83. The number of hydrogen-bond acceptors (Lipinski definition) is 2. The van der Waals surface area contributed by atoms with E-state index >= 15 is 0 Å². The van der Waals surface area contributed by atoms with Gasteiger partial charge in [-0.05, 0) is 32.6 Å². The van der Waals surface area contributed by atoms with Crippen molar-refractivity contribution in [3.8, 4) is 0 Å². The van der Waals surface area contributed by atoms with Crippen LogP contribution < -0.4 is 11.1 Å². The molecule has 0 aliphatic heterocycles. The van der Waals surface area contributed by atoms with E-state index in [2.05, 4.69) is 17.2 Å². The second kappa shape index (κ2) is 10.2. The molecule has 0 spiro atoms. The molecule has 1 rings (SSSR count). The lowest BCUT2D eigenvalue weighted by molar-refractivity contribution is 0.290. The highest BCUT2D eigenvalue weighted by molar-refractivity contribution is 5.77. The molecule has 1 aromatic carbocycles. The molecule has 0 fully saturated rings. The summed E-state index contributed by atoms with van der Waals surface area (Å²) >= 11 is 0. The van der Waals surface area contributed by atoms with Crippen LogP contribution in [0, 0.1) is 11.6 Å². The maximum absolute atomic E-state index is 13.9. The van der Waals surface area contributed by atoms with Gasteiger partial charge in [-0.25, -0.2) is 8.78 Å². The number of rotatable bonds is 9. The molecule has 0 bridgehead atoms. The van der Waals surface area contributed by atoms with Crippen molar-refractivity contribution in [3.63, 3.8) is 0 Å². The van der Waals surface area contributed by atoms with E-state index in [1.807, 2.05) is 0 Å². The number of guanidine groups is 1. The highest BCUT2D eigenvalue weighted by atomic mass is 19.1. The molecular formula is C17H28F2N4. The summed E-state index contributed by atoms with van der Waals surface area (Å²) in [6.07, 6.45) is 4.57. The summed E-state index contributed by atoms with van der Waals surface area (Å²) < 4.78 is 27.9. The second-order valence-electron chi connectivity index (χ2n) is 5.83. The molecule has 0 aromatic heterocycles. The van der Waals surface area contributed by atoms with Gasteiger partial charge in [0.25, 0.3) is 0 Å². The van der Waals surface area contributed by atoms with Crippen molar-refractivity contribution in [2.45, 2.75) is 38.6 Å². The van der Waals surface area contributed by atoms with Gasteiger partial charge >= 0.3 is 0 Å². The Bertz CT molecular complexity index is 483. The number of likely N-dealkylation sites (N-methyl/N-ethyl adjacent to an activating group) is 1. The van der Waals surface area contributed by atoms with Crippen molar-refractivity contribution in [1.29, 1.82) is 0 Å². The van der Waals surface area contributed by atoms with Crippen LogP contribution in [-0.4, -0.2) is 38.0 Å². The van der Waals surface area contributed by atoms with Gasteiger partial charge in [-0.1, -0.05) is 32.3 Å². The first-order valence-electron chi connectivity index (χ1n) is 8.11. The van der Waals surface area contributed by atoms with Gasteiger partial charge in [-0.15, -0.1) is 0 Å². The molecule has 23 heavy (non-hydrogen) atoms. The Hall–Kier alpha value is -1.69. The van der Waals surface area contributed by atoms with Crippen molar-refractivity contribution < 1.29 is 8.78 Å². The Morgan fingerprint density at radius 3 is 2.43 bits per heavy atom. The number of halogens is 2. The number of benzene rings is 1. The van der Waals surface area contributed by atoms with Gasteiger partial charge in [0.15, 0.2) is 5.96 Å². The molecule has 0 saturated heterocycles. The third-order valence-electron chi connectivity index (χ3n) is 3.73. The average molecular weight is 326 g/mol. The van der Waals surface area contributed by atoms with Crippen molar-refractivity contribution in [2.75, 3.05) is 27.2 Å². The third kappa shape index (κ3) is 6.52. The maximum atomic E-state index is 13.9. The molecule has 130 valence electrons. The summed E-state index contributed by atoms with van der Waals surface area (Å²) in [5.74, 6) is -0.819. The molecule has 0 aliphatic rings. The molecule has 1 unspecified atom stereocenters. The van der Waals surface area contributed by atoms with Crippen LogP contribution in [-0.2, 0) is 0 Å². The number of unbranched alkanes of at least 4 members (excludes halogenated alkanes) is 3. The van der Waals surface area contributed by atoms with Crippen LogP contribution in [0.5, 0.6) is 0 Å². The number of aliphatic imine (C=N–C) groups is 1. The van der Waals surface area contributed by atoms with Crippen LogP contribution in [0.4, 0.5) is 8.78 Å². The zero-order chi connectivity index (χ0) is 17.2. The molecule has 1 aromatic rings. The lowest BCUT2D eigenvalue weighted by Crippen LogP contribution is -2.34. The standard InChI is InChI=1S/C17H28F2N4/c1-4-5-6-7-11-21-17(20)22-12-15(23(2)3)16-13(18)9-8-10-14(16)19/h8-10,15H,4-7,11-12H2,1-3H3,(H3,20,21,22). The molecule has 0 heterocycles. The first-order chi connectivity index (χ1) is 11.0. The van der Waals surface area contributed by atoms with Crippen molar-refractivity contribution in [1.82, 2.24) is 10.2 Å². The third-order valence-corrected chi connectivity index (χ3v) is 3.73. The minimum absolute atomic E-state index is 0.0250. The van der Waals surface area contributed by atoms with E-state index in [9.17, 15) is 8.78 Å². The molecule has 4 nitrogen and oxygen atoms in total. The fourth-order valence-corrected chi connectivity index (χ4v) is 2.35. The van der Waals surface area contributed by atoms with Gasteiger partial charge in [-0.2, -0.15) is 0 Å². The van der Waals surface area contributed by atoms with Crippen LogP contribution in [0.2, 0.25) is 0 Å². The fraction of sp³-hybridized carbons (Fsp3) is 0.588. The van der Waals surface area contributed by atoms with Crippen molar-refractivity contribution >= 4 is 5.96 Å². The first kappa shape index (κ1) is 19.4. The summed E-state index contributed by atoms with van der Waals surface area (Å²) in [6, 6.07) is 3.37. The number of nitrogens with one attached hydrogen (secondary N) is 1. The van der Waals surface area contributed by atoms with Gasteiger partial charge in [0, 0.05) is 12.1 Å². The monoisotopic (exact) mass is 326 g/mol. The first-order valence-corrected chi connectivity index (χ1v) is 8.11. The van der Waals surface area contributed by atoms with E-state index in [0.717, 1.165) is 19.4 Å². The summed E-state index contributed by atoms with van der Waals surface area (Å²) in [7, 11) is 3.53. The van der Waals surface area contributed by atoms with Crippen LogP contribution >= 0.6 is 0 Å². The maximum Gasteiger partial charge on any atom is 0.188 e. The summed E-state index contributed by atoms with van der Waals surface area (Å²) in [6.45, 7) is 3.11. The molecule has 1 atom stereocenters. The summed E-state index contributed by atoms with van der Waals surface area (Å²) in [4.78, 5) is 5.97. The van der Waals surface area contributed by atoms with Gasteiger partial charge in [0.1, 0.15) is 11.6 Å². The van der Waals surface area contributed by atoms with E-state index < -0.39 is 17.7 Å². The fourth-order valence-electron chi connectivity index (χ4n) is 2.35. The molecule has 3 N–H and O–H groups in total. The molecule has 0 amide bonds. The van der Waals surface area contributed by atoms with Crippen LogP contribution in [0.25, 0.3) is 0 Å². The molecule has 0 aliphatic carbocycles. The Labute approximate surface area is 137 Å². The Morgan fingerprint density at radius 2 is 1.87 bits per heavy atom. The van der Waals surface area contributed by atoms with E-state index in [1.165, 1.54) is 31.0 Å². The number of nitrogens with two attached hydrogens (primary N) is 1. The van der Waals surface area contributed by atoms with Crippen LogP contribution in [0.3, 0.4) is 0 Å². The summed E-state index contributed by atoms with van der Waals surface area (Å²) in [5.41, 5.74) is 5.85. The quantitative estimate of drug-likeness (QED) is 0.417. The van der Waals surface area contributed by atoms with Crippen LogP contribution in [0.1, 0.15) is 44.2 Å². The van der Waals surface area contributed by atoms with Gasteiger partial charge in [0.05, 0.1) is 12.6 Å². The predicted molar refractivity (Wildman–Crippen MR) is 91.4 cm³/mol. The van der Waals surface area contributed by atoms with Gasteiger partial charge in [0.2, 0.25) is 0 Å². The topological polar surface area (TPSA) is 53.6 Å².